The molecule has 21 heavy (non-hydrogen) atoms. The molecular weight excluding hydrogens is 272 g/mol. The molecule has 6 heteroatoms. The van der Waals surface area contributed by atoms with E-state index in [0.29, 0.717) is 30.8 Å². The molecule has 2 amide bonds. The van der Waals surface area contributed by atoms with Gasteiger partial charge in [0, 0.05) is 6.04 Å². The molecule has 3 rings (SSSR count). The summed E-state index contributed by atoms with van der Waals surface area (Å²) in [4.78, 5) is 23.3. The minimum atomic E-state index is -0.183. The first-order chi connectivity index (χ1) is 10.2. The number of hydrogen-bond acceptors (Lipinski definition) is 4. The second-order valence-electron chi connectivity index (χ2n) is 5.27. The Morgan fingerprint density at radius 2 is 1.86 bits per heavy atom. The third-order valence-electron chi connectivity index (χ3n) is 3.36. The van der Waals surface area contributed by atoms with Gasteiger partial charge in [0.15, 0.2) is 11.5 Å². The summed E-state index contributed by atoms with van der Waals surface area (Å²) in [7, 11) is 0. The molecule has 0 atom stereocenters. The molecule has 112 valence electrons. The molecule has 1 aromatic carbocycles. The molecule has 0 unspecified atom stereocenters. The molecule has 2 aliphatic rings. The first kappa shape index (κ1) is 13.7. The average Bonchev–Trinajstić information content (AvgIpc) is 3.29. The Labute approximate surface area is 122 Å². The maximum absolute atomic E-state index is 11.8. The van der Waals surface area contributed by atoms with Crippen molar-refractivity contribution < 1.29 is 19.1 Å². The fraction of sp³-hybridized carbons (Fsp3) is 0.467. The molecule has 1 heterocycles. The van der Waals surface area contributed by atoms with E-state index in [-0.39, 0.29) is 24.8 Å². The Morgan fingerprint density at radius 3 is 2.62 bits per heavy atom. The largest absolute Gasteiger partial charge is 0.486 e. The highest BCUT2D eigenvalue weighted by Crippen LogP contribution is 2.30. The Bertz CT molecular complexity index is 555. The van der Waals surface area contributed by atoms with Crippen molar-refractivity contribution in [2.24, 2.45) is 0 Å². The summed E-state index contributed by atoms with van der Waals surface area (Å²) in [6, 6.07) is 5.75. The molecule has 0 radical (unpaired) electrons. The van der Waals surface area contributed by atoms with E-state index in [2.05, 4.69) is 10.6 Å². The number of hydrogen-bond donors (Lipinski definition) is 2. The minimum Gasteiger partial charge on any atom is -0.486 e. The van der Waals surface area contributed by atoms with Crippen LogP contribution in [0.5, 0.6) is 11.5 Å². The van der Waals surface area contributed by atoms with Gasteiger partial charge in [-0.25, -0.2) is 0 Å². The van der Waals surface area contributed by atoms with E-state index in [4.69, 9.17) is 9.47 Å². The second kappa shape index (κ2) is 6.03. The lowest BCUT2D eigenvalue weighted by Gasteiger charge is -2.18. The van der Waals surface area contributed by atoms with Crippen LogP contribution >= 0.6 is 0 Å². The zero-order valence-corrected chi connectivity index (χ0v) is 11.7. The van der Waals surface area contributed by atoms with Gasteiger partial charge in [-0.15, -0.1) is 0 Å². The number of carbonyl (C=O) groups excluding carboxylic acids is 2. The van der Waals surface area contributed by atoms with Crippen LogP contribution in [0.2, 0.25) is 0 Å². The fourth-order valence-electron chi connectivity index (χ4n) is 2.13. The van der Waals surface area contributed by atoms with Crippen LogP contribution in [0.1, 0.15) is 18.4 Å². The third kappa shape index (κ3) is 3.87. The number of benzene rings is 1. The van der Waals surface area contributed by atoms with Crippen molar-refractivity contribution in [3.05, 3.63) is 23.8 Å². The molecule has 0 bridgehead atoms. The smallest absolute Gasteiger partial charge is 0.239 e. The van der Waals surface area contributed by atoms with Crippen molar-refractivity contribution in [1.82, 2.24) is 10.6 Å². The van der Waals surface area contributed by atoms with E-state index in [1.165, 1.54) is 0 Å². The highest BCUT2D eigenvalue weighted by molar-refractivity contribution is 5.86. The maximum atomic E-state index is 11.8. The van der Waals surface area contributed by atoms with Crippen LogP contribution in [0.15, 0.2) is 18.2 Å². The summed E-state index contributed by atoms with van der Waals surface area (Å²) >= 11 is 0. The lowest BCUT2D eigenvalue weighted by Crippen LogP contribution is -2.38. The number of carbonyl (C=O) groups is 2. The predicted molar refractivity (Wildman–Crippen MR) is 75.3 cm³/mol. The molecule has 1 aliphatic heterocycles. The number of fused-ring (bicyclic) bond motifs is 1. The van der Waals surface area contributed by atoms with Crippen LogP contribution in [0, 0.1) is 0 Å². The third-order valence-corrected chi connectivity index (χ3v) is 3.36. The van der Waals surface area contributed by atoms with Crippen molar-refractivity contribution in [2.45, 2.75) is 25.3 Å². The summed E-state index contributed by atoms with van der Waals surface area (Å²) in [6.07, 6.45) is 2.29. The van der Waals surface area contributed by atoms with Crippen LogP contribution in [0.4, 0.5) is 0 Å². The topological polar surface area (TPSA) is 76.7 Å². The van der Waals surface area contributed by atoms with Gasteiger partial charge in [0.05, 0.1) is 13.0 Å². The molecule has 0 aromatic heterocycles. The number of ether oxygens (including phenoxy) is 2. The molecule has 1 saturated carbocycles. The van der Waals surface area contributed by atoms with Gasteiger partial charge >= 0.3 is 0 Å². The number of rotatable bonds is 5. The summed E-state index contributed by atoms with van der Waals surface area (Å²) in [5, 5.41) is 5.44. The van der Waals surface area contributed by atoms with Gasteiger partial charge in [-0.3, -0.25) is 9.59 Å². The van der Waals surface area contributed by atoms with E-state index in [1.54, 1.807) is 12.1 Å². The first-order valence-electron chi connectivity index (χ1n) is 7.15. The number of nitrogens with one attached hydrogen (secondary N) is 2. The Kier molecular flexibility index (Phi) is 3.94. The Balaban J connectivity index is 1.48. The van der Waals surface area contributed by atoms with Gasteiger partial charge in [0.1, 0.15) is 13.2 Å². The monoisotopic (exact) mass is 290 g/mol. The van der Waals surface area contributed by atoms with Crippen molar-refractivity contribution in [3.63, 3.8) is 0 Å². The lowest BCUT2D eigenvalue weighted by molar-refractivity contribution is -0.125. The van der Waals surface area contributed by atoms with Crippen molar-refractivity contribution in [3.8, 4) is 11.5 Å². The SMILES string of the molecule is O=C(Cc1ccc2c(c1)OCCO2)NCC(=O)NC1CC1. The second-order valence-corrected chi connectivity index (χ2v) is 5.27. The fourth-order valence-corrected chi connectivity index (χ4v) is 2.13. The summed E-state index contributed by atoms with van der Waals surface area (Å²) in [6.45, 7) is 1.09. The Hall–Kier alpha value is -2.24. The quantitative estimate of drug-likeness (QED) is 0.823. The van der Waals surface area contributed by atoms with E-state index < -0.39 is 0 Å². The zero-order chi connectivity index (χ0) is 14.7. The van der Waals surface area contributed by atoms with E-state index in [0.717, 1.165) is 18.4 Å². The van der Waals surface area contributed by atoms with Crippen LogP contribution in [-0.2, 0) is 16.0 Å². The maximum Gasteiger partial charge on any atom is 0.239 e. The number of amides is 2. The van der Waals surface area contributed by atoms with Gasteiger partial charge in [-0.2, -0.15) is 0 Å². The molecule has 2 N–H and O–H groups in total. The lowest BCUT2D eigenvalue weighted by atomic mass is 10.1. The van der Waals surface area contributed by atoms with Crippen LogP contribution in [0.3, 0.4) is 0 Å². The minimum absolute atomic E-state index is 0.0277. The highest BCUT2D eigenvalue weighted by atomic mass is 16.6. The molecule has 6 nitrogen and oxygen atoms in total. The van der Waals surface area contributed by atoms with Crippen molar-refractivity contribution >= 4 is 11.8 Å². The molecule has 0 saturated heterocycles. The average molecular weight is 290 g/mol. The van der Waals surface area contributed by atoms with Crippen LogP contribution in [-0.4, -0.2) is 37.6 Å². The molecule has 1 aliphatic carbocycles. The van der Waals surface area contributed by atoms with Gasteiger partial charge < -0.3 is 20.1 Å². The van der Waals surface area contributed by atoms with Crippen molar-refractivity contribution in [2.75, 3.05) is 19.8 Å². The van der Waals surface area contributed by atoms with E-state index in [9.17, 15) is 9.59 Å². The summed E-state index contributed by atoms with van der Waals surface area (Å²) in [5.41, 5.74) is 0.833. The van der Waals surface area contributed by atoms with Gasteiger partial charge in [0.2, 0.25) is 11.8 Å². The predicted octanol–water partition coefficient (Wildman–Crippen LogP) is 0.395. The Morgan fingerprint density at radius 1 is 1.10 bits per heavy atom. The highest BCUT2D eigenvalue weighted by Gasteiger charge is 2.23. The van der Waals surface area contributed by atoms with Crippen LogP contribution < -0.4 is 20.1 Å². The first-order valence-corrected chi connectivity index (χ1v) is 7.15. The molecular formula is C15H18N2O4. The molecule has 1 aromatic rings. The van der Waals surface area contributed by atoms with Gasteiger partial charge in [-0.05, 0) is 30.5 Å². The zero-order valence-electron chi connectivity index (χ0n) is 11.7. The van der Waals surface area contributed by atoms with Gasteiger partial charge in [-0.1, -0.05) is 6.07 Å². The van der Waals surface area contributed by atoms with Crippen LogP contribution in [0.25, 0.3) is 0 Å². The molecule has 0 spiro atoms. The standard InChI is InChI=1S/C15H18N2O4/c18-14(16-9-15(19)17-11-2-3-11)8-10-1-4-12-13(7-10)21-6-5-20-12/h1,4,7,11H,2-3,5-6,8-9H2,(H,16,18)(H,17,19). The molecule has 1 fully saturated rings. The van der Waals surface area contributed by atoms with E-state index in [1.807, 2.05) is 6.07 Å². The summed E-state index contributed by atoms with van der Waals surface area (Å²) < 4.78 is 10.9. The van der Waals surface area contributed by atoms with E-state index >= 15 is 0 Å². The normalized spacial score (nSPS) is 16.2. The van der Waals surface area contributed by atoms with Crippen molar-refractivity contribution in [1.29, 1.82) is 0 Å². The summed E-state index contributed by atoms with van der Waals surface area (Å²) in [5.74, 6) is 1.05. The van der Waals surface area contributed by atoms with Gasteiger partial charge in [0.25, 0.3) is 0 Å².